The van der Waals surface area contributed by atoms with Crippen molar-refractivity contribution in [2.45, 2.75) is 0 Å². The van der Waals surface area contributed by atoms with E-state index >= 15 is 0 Å². The summed E-state index contributed by atoms with van der Waals surface area (Å²) in [6.07, 6.45) is 0. The van der Waals surface area contributed by atoms with Crippen molar-refractivity contribution in [2.75, 3.05) is 24.9 Å². The van der Waals surface area contributed by atoms with E-state index in [0.29, 0.717) is 0 Å². The van der Waals surface area contributed by atoms with E-state index in [2.05, 4.69) is 95.6 Å². The molecule has 0 bridgehead atoms. The van der Waals surface area contributed by atoms with Crippen LogP contribution in [0.15, 0.2) is 146 Å². The molecule has 0 spiro atoms. The number of methoxy groups -OCH3 is 2. The lowest BCUT2D eigenvalue weighted by Gasteiger charge is -2.22. The summed E-state index contributed by atoms with van der Waals surface area (Å²) in [5.74, 6) is 1.64. The van der Waals surface area contributed by atoms with Gasteiger partial charge in [-0.25, -0.2) is 0 Å². The summed E-state index contributed by atoms with van der Waals surface area (Å²) in [4.78, 5) is 0. The van der Waals surface area contributed by atoms with Crippen molar-refractivity contribution in [1.29, 1.82) is 0 Å². The molecule has 0 heterocycles. The molecule has 0 aromatic heterocycles. The maximum atomic E-state index is 5.49. The molecule has 0 saturated heterocycles. The molecule has 0 atom stereocenters. The minimum absolute atomic E-state index is 0.819. The second-order valence-electron chi connectivity index (χ2n) is 9.93. The van der Waals surface area contributed by atoms with Crippen LogP contribution in [-0.2, 0) is 0 Å². The van der Waals surface area contributed by atoms with Crippen LogP contribution in [0.25, 0.3) is 33.4 Å². The summed E-state index contributed by atoms with van der Waals surface area (Å²) in [7, 11) is 3.38. The van der Waals surface area contributed by atoms with Crippen molar-refractivity contribution in [3.05, 3.63) is 146 Å². The van der Waals surface area contributed by atoms with Gasteiger partial charge in [0.2, 0.25) is 0 Å². The fourth-order valence-electron chi connectivity index (χ4n) is 5.16. The van der Waals surface area contributed by atoms with Crippen molar-refractivity contribution in [3.63, 3.8) is 0 Å². The Kier molecular flexibility index (Phi) is 7.87. The average Bonchev–Trinajstić information content (AvgIpc) is 3.06. The molecule has 4 nitrogen and oxygen atoms in total. The van der Waals surface area contributed by atoms with Crippen molar-refractivity contribution in [3.8, 4) is 44.9 Å². The van der Waals surface area contributed by atoms with E-state index in [1.807, 2.05) is 60.7 Å². The minimum Gasteiger partial charge on any atom is -0.497 e. The van der Waals surface area contributed by atoms with Gasteiger partial charge in [0.05, 0.1) is 14.2 Å². The summed E-state index contributed by atoms with van der Waals surface area (Å²) in [5.41, 5.74) is 10.8. The number of benzene rings is 6. The third kappa shape index (κ3) is 5.84. The van der Waals surface area contributed by atoms with E-state index in [1.165, 1.54) is 0 Å². The fraction of sp³-hybridized carbons (Fsp3) is 0.0526. The van der Waals surface area contributed by atoms with Gasteiger partial charge in [-0.1, -0.05) is 78.9 Å². The van der Waals surface area contributed by atoms with Crippen LogP contribution in [0.1, 0.15) is 0 Å². The normalized spacial score (nSPS) is 10.6. The molecule has 0 aliphatic carbocycles. The van der Waals surface area contributed by atoms with Crippen LogP contribution in [0.4, 0.5) is 22.7 Å². The predicted octanol–water partition coefficient (Wildman–Crippen LogP) is 10.2. The molecule has 6 aromatic rings. The molecular formula is C38H32N2O2. The first-order valence-corrected chi connectivity index (χ1v) is 13.9. The minimum atomic E-state index is 0.819. The van der Waals surface area contributed by atoms with E-state index in [-0.39, 0.29) is 0 Å². The van der Waals surface area contributed by atoms with Crippen LogP contribution < -0.4 is 20.1 Å². The first-order valence-electron chi connectivity index (χ1n) is 13.9. The number of nitrogens with one attached hydrogen (secondary N) is 2. The highest BCUT2D eigenvalue weighted by atomic mass is 16.5. The van der Waals surface area contributed by atoms with E-state index < -0.39 is 0 Å². The van der Waals surface area contributed by atoms with Crippen LogP contribution in [0.3, 0.4) is 0 Å². The Balaban J connectivity index is 1.53. The summed E-state index contributed by atoms with van der Waals surface area (Å²) in [6.45, 7) is 0. The van der Waals surface area contributed by atoms with Gasteiger partial charge in [0, 0.05) is 28.3 Å². The third-order valence-corrected chi connectivity index (χ3v) is 7.27. The molecule has 0 aliphatic heterocycles. The van der Waals surface area contributed by atoms with Crippen LogP contribution >= 0.6 is 0 Å². The highest BCUT2D eigenvalue weighted by Gasteiger charge is 2.19. The largest absolute Gasteiger partial charge is 0.497 e. The van der Waals surface area contributed by atoms with Crippen molar-refractivity contribution < 1.29 is 9.47 Å². The lowest BCUT2D eigenvalue weighted by molar-refractivity contribution is 0.414. The van der Waals surface area contributed by atoms with E-state index in [1.54, 1.807) is 14.2 Å². The number of para-hydroxylation sites is 2. The van der Waals surface area contributed by atoms with Gasteiger partial charge in [-0.3, -0.25) is 0 Å². The SMILES string of the molecule is COc1ccc(-c2c(Nc3ccccc3)ccc(-c3ccc(Nc4ccccc4)cc3)c2-c2ccc(OC)cc2)cc1. The molecule has 0 aliphatic rings. The second kappa shape index (κ2) is 12.4. The zero-order chi connectivity index (χ0) is 28.7. The van der Waals surface area contributed by atoms with Crippen molar-refractivity contribution in [2.24, 2.45) is 0 Å². The molecule has 2 N–H and O–H groups in total. The van der Waals surface area contributed by atoms with E-state index in [4.69, 9.17) is 9.47 Å². The van der Waals surface area contributed by atoms with Crippen LogP contribution in [0.5, 0.6) is 11.5 Å². The first kappa shape index (κ1) is 26.7. The molecule has 42 heavy (non-hydrogen) atoms. The third-order valence-electron chi connectivity index (χ3n) is 7.27. The monoisotopic (exact) mass is 548 g/mol. The molecule has 4 heteroatoms. The molecular weight excluding hydrogens is 516 g/mol. The average molecular weight is 549 g/mol. The Labute approximate surface area is 247 Å². The summed E-state index contributed by atoms with van der Waals surface area (Å²) >= 11 is 0. The lowest BCUT2D eigenvalue weighted by Crippen LogP contribution is -1.98. The maximum Gasteiger partial charge on any atom is 0.118 e. The zero-order valence-electron chi connectivity index (χ0n) is 23.7. The van der Waals surface area contributed by atoms with Crippen LogP contribution in [0, 0.1) is 0 Å². The predicted molar refractivity (Wildman–Crippen MR) is 175 cm³/mol. The Hall–Kier alpha value is -5.48. The highest BCUT2D eigenvalue weighted by Crippen LogP contribution is 2.46. The summed E-state index contributed by atoms with van der Waals surface area (Å²) in [6, 6.07) is 50.0. The smallest absolute Gasteiger partial charge is 0.118 e. The molecule has 6 rings (SSSR count). The van der Waals surface area contributed by atoms with Gasteiger partial charge in [-0.15, -0.1) is 0 Å². The quantitative estimate of drug-likeness (QED) is 0.189. The Bertz CT molecular complexity index is 1750. The standard InChI is InChI=1S/C38H32N2O2/c1-41-33-21-15-28(16-22-33)37-35(27-13-19-32(20-14-27)39-30-9-5-3-6-10-30)25-26-36(40-31-11-7-4-8-12-31)38(37)29-17-23-34(42-2)24-18-29/h3-26,39-40H,1-2H3. The highest BCUT2D eigenvalue weighted by molar-refractivity contribution is 6.01. The van der Waals surface area contributed by atoms with Crippen molar-refractivity contribution in [1.82, 2.24) is 0 Å². The Morgan fingerprint density at radius 1 is 0.381 bits per heavy atom. The molecule has 0 unspecified atom stereocenters. The second-order valence-corrected chi connectivity index (χ2v) is 9.93. The number of hydrogen-bond acceptors (Lipinski definition) is 4. The number of rotatable bonds is 9. The van der Waals surface area contributed by atoms with Gasteiger partial charge in [-0.05, 0) is 94.5 Å². The van der Waals surface area contributed by atoms with Crippen LogP contribution in [0.2, 0.25) is 0 Å². The fourth-order valence-corrected chi connectivity index (χ4v) is 5.16. The Morgan fingerprint density at radius 2 is 0.833 bits per heavy atom. The van der Waals surface area contributed by atoms with Gasteiger partial charge in [0.25, 0.3) is 0 Å². The summed E-state index contributed by atoms with van der Waals surface area (Å²) < 4.78 is 11.0. The van der Waals surface area contributed by atoms with Crippen LogP contribution in [-0.4, -0.2) is 14.2 Å². The van der Waals surface area contributed by atoms with Gasteiger partial charge >= 0.3 is 0 Å². The first-order chi connectivity index (χ1) is 20.7. The zero-order valence-corrected chi connectivity index (χ0v) is 23.7. The number of hydrogen-bond donors (Lipinski definition) is 2. The van der Waals surface area contributed by atoms with E-state index in [0.717, 1.165) is 67.6 Å². The van der Waals surface area contributed by atoms with Crippen molar-refractivity contribution >= 4 is 22.7 Å². The molecule has 0 radical (unpaired) electrons. The summed E-state index contributed by atoms with van der Waals surface area (Å²) in [5, 5.41) is 7.17. The topological polar surface area (TPSA) is 42.5 Å². The molecule has 0 amide bonds. The van der Waals surface area contributed by atoms with Gasteiger partial charge in [-0.2, -0.15) is 0 Å². The molecule has 6 aromatic carbocycles. The molecule has 0 fully saturated rings. The van der Waals surface area contributed by atoms with Gasteiger partial charge in [0.15, 0.2) is 0 Å². The number of anilines is 4. The Morgan fingerprint density at radius 3 is 1.36 bits per heavy atom. The maximum absolute atomic E-state index is 5.49. The molecule has 206 valence electrons. The van der Waals surface area contributed by atoms with Gasteiger partial charge < -0.3 is 20.1 Å². The van der Waals surface area contributed by atoms with Gasteiger partial charge in [0.1, 0.15) is 11.5 Å². The lowest BCUT2D eigenvalue weighted by atomic mass is 9.86. The van der Waals surface area contributed by atoms with E-state index in [9.17, 15) is 0 Å². The number of ether oxygens (including phenoxy) is 2. The molecule has 0 saturated carbocycles.